The standard InChI is InChI=1S/C23H18N4O2/c1-16-24-13-14-27(16)21-12-11-18(15-25-21)26-23(29)20-10-6-5-9-19(20)22(28)17-7-3-2-4-8-17/h2-15H,1H3,(H,26,29). The molecule has 0 unspecified atom stereocenters. The van der Waals surface area contributed by atoms with Crippen LogP contribution in [0.2, 0.25) is 0 Å². The van der Waals surface area contributed by atoms with Gasteiger partial charge in [0.25, 0.3) is 5.91 Å². The van der Waals surface area contributed by atoms with Crippen molar-refractivity contribution in [2.24, 2.45) is 0 Å². The Hall–Kier alpha value is -4.06. The quantitative estimate of drug-likeness (QED) is 0.528. The molecule has 0 radical (unpaired) electrons. The van der Waals surface area contributed by atoms with Gasteiger partial charge in [-0.2, -0.15) is 0 Å². The number of pyridine rings is 1. The molecule has 6 nitrogen and oxygen atoms in total. The molecule has 0 saturated carbocycles. The van der Waals surface area contributed by atoms with Gasteiger partial charge in [-0.1, -0.05) is 48.5 Å². The molecule has 0 aliphatic carbocycles. The first-order chi connectivity index (χ1) is 14.1. The maximum Gasteiger partial charge on any atom is 0.256 e. The summed E-state index contributed by atoms with van der Waals surface area (Å²) in [6, 6.07) is 19.3. The highest BCUT2D eigenvalue weighted by molar-refractivity contribution is 6.17. The number of amides is 1. The highest BCUT2D eigenvalue weighted by Crippen LogP contribution is 2.17. The maximum atomic E-state index is 12.8. The third-order valence-electron chi connectivity index (χ3n) is 4.53. The van der Waals surface area contributed by atoms with Crippen LogP contribution in [0, 0.1) is 6.92 Å². The van der Waals surface area contributed by atoms with Crippen LogP contribution in [0.5, 0.6) is 0 Å². The Labute approximate surface area is 167 Å². The van der Waals surface area contributed by atoms with Crippen molar-refractivity contribution < 1.29 is 9.59 Å². The van der Waals surface area contributed by atoms with Crippen LogP contribution < -0.4 is 5.32 Å². The van der Waals surface area contributed by atoms with E-state index >= 15 is 0 Å². The first-order valence-corrected chi connectivity index (χ1v) is 9.10. The smallest absolute Gasteiger partial charge is 0.256 e. The van der Waals surface area contributed by atoms with Crippen molar-refractivity contribution in [3.63, 3.8) is 0 Å². The van der Waals surface area contributed by atoms with Crippen molar-refractivity contribution in [2.75, 3.05) is 5.32 Å². The van der Waals surface area contributed by atoms with Crippen LogP contribution in [0.25, 0.3) is 5.82 Å². The Morgan fingerprint density at radius 1 is 0.862 bits per heavy atom. The summed E-state index contributed by atoms with van der Waals surface area (Å²) in [6.45, 7) is 1.89. The number of anilines is 1. The lowest BCUT2D eigenvalue weighted by atomic mass is 9.98. The molecule has 0 spiro atoms. The molecule has 0 saturated heterocycles. The number of rotatable bonds is 5. The van der Waals surface area contributed by atoms with Crippen LogP contribution in [0.1, 0.15) is 32.1 Å². The first-order valence-electron chi connectivity index (χ1n) is 9.10. The second kappa shape index (κ2) is 7.90. The van der Waals surface area contributed by atoms with Crippen molar-refractivity contribution in [1.29, 1.82) is 0 Å². The van der Waals surface area contributed by atoms with E-state index in [1.54, 1.807) is 73.1 Å². The second-order valence-electron chi connectivity index (χ2n) is 6.44. The molecular weight excluding hydrogens is 364 g/mol. The van der Waals surface area contributed by atoms with E-state index in [2.05, 4.69) is 15.3 Å². The molecule has 4 rings (SSSR count). The number of imidazole rings is 1. The maximum absolute atomic E-state index is 12.8. The number of aromatic nitrogens is 3. The topological polar surface area (TPSA) is 76.9 Å². The van der Waals surface area contributed by atoms with Crippen LogP contribution in [0.3, 0.4) is 0 Å². The highest BCUT2D eigenvalue weighted by Gasteiger charge is 2.18. The number of hydrogen-bond acceptors (Lipinski definition) is 4. The number of carbonyl (C=O) groups excluding carboxylic acids is 2. The lowest BCUT2D eigenvalue weighted by Gasteiger charge is -2.10. The van der Waals surface area contributed by atoms with Gasteiger partial charge in [0.2, 0.25) is 0 Å². The minimum atomic E-state index is -0.363. The zero-order valence-electron chi connectivity index (χ0n) is 15.7. The molecule has 2 aromatic heterocycles. The molecule has 29 heavy (non-hydrogen) atoms. The summed E-state index contributed by atoms with van der Waals surface area (Å²) < 4.78 is 1.85. The van der Waals surface area contributed by atoms with Crippen molar-refractivity contribution in [3.05, 3.63) is 108 Å². The average molecular weight is 382 g/mol. The van der Waals surface area contributed by atoms with Crippen LogP contribution in [0.15, 0.2) is 85.3 Å². The second-order valence-corrected chi connectivity index (χ2v) is 6.44. The van der Waals surface area contributed by atoms with Crippen LogP contribution >= 0.6 is 0 Å². The minimum absolute atomic E-state index is 0.194. The minimum Gasteiger partial charge on any atom is -0.321 e. The molecule has 4 aromatic rings. The number of ketones is 1. The summed E-state index contributed by atoms with van der Waals surface area (Å²) >= 11 is 0. The van der Waals surface area contributed by atoms with Gasteiger partial charge >= 0.3 is 0 Å². The van der Waals surface area contributed by atoms with E-state index in [-0.39, 0.29) is 11.7 Å². The molecule has 0 atom stereocenters. The van der Waals surface area contributed by atoms with Crippen LogP contribution in [-0.4, -0.2) is 26.2 Å². The number of benzene rings is 2. The van der Waals surface area contributed by atoms with Crippen molar-refractivity contribution in [1.82, 2.24) is 14.5 Å². The van der Waals surface area contributed by atoms with Gasteiger partial charge in [-0.15, -0.1) is 0 Å². The summed E-state index contributed by atoms with van der Waals surface area (Å²) in [7, 11) is 0. The number of hydrogen-bond donors (Lipinski definition) is 1. The number of nitrogens with zero attached hydrogens (tertiary/aromatic N) is 3. The predicted octanol–water partition coefficient (Wildman–Crippen LogP) is 4.06. The Balaban J connectivity index is 1.57. The Morgan fingerprint density at radius 3 is 2.24 bits per heavy atom. The SMILES string of the molecule is Cc1nccn1-c1ccc(NC(=O)c2ccccc2C(=O)c2ccccc2)cn1. The summed E-state index contributed by atoms with van der Waals surface area (Å²) in [6.07, 6.45) is 5.10. The monoisotopic (exact) mass is 382 g/mol. The lowest BCUT2D eigenvalue weighted by molar-refractivity contribution is 0.0996. The van der Waals surface area contributed by atoms with Gasteiger partial charge in [0.1, 0.15) is 11.6 Å². The Morgan fingerprint density at radius 2 is 1.59 bits per heavy atom. The van der Waals surface area contributed by atoms with Gasteiger partial charge < -0.3 is 5.32 Å². The largest absolute Gasteiger partial charge is 0.321 e. The average Bonchev–Trinajstić information content (AvgIpc) is 3.20. The molecule has 1 N–H and O–H groups in total. The predicted molar refractivity (Wildman–Crippen MR) is 110 cm³/mol. The molecule has 0 fully saturated rings. The fraction of sp³-hybridized carbons (Fsp3) is 0.0435. The first kappa shape index (κ1) is 18.3. The molecule has 142 valence electrons. The lowest BCUT2D eigenvalue weighted by Crippen LogP contribution is -2.17. The van der Waals surface area contributed by atoms with Gasteiger partial charge in [0, 0.05) is 23.5 Å². The molecular formula is C23H18N4O2. The summed E-state index contributed by atoms with van der Waals surface area (Å²) in [5.74, 6) is 0.971. The van der Waals surface area contributed by atoms with Gasteiger partial charge in [0.15, 0.2) is 5.78 Å². The third-order valence-corrected chi connectivity index (χ3v) is 4.53. The third kappa shape index (κ3) is 3.82. The van der Waals surface area contributed by atoms with Gasteiger partial charge in [-0.3, -0.25) is 14.2 Å². The number of aryl methyl sites for hydroxylation is 1. The summed E-state index contributed by atoms with van der Waals surface area (Å²) in [5, 5.41) is 2.81. The van der Waals surface area contributed by atoms with E-state index in [0.717, 1.165) is 5.82 Å². The van der Waals surface area contributed by atoms with E-state index in [9.17, 15) is 9.59 Å². The summed E-state index contributed by atoms with van der Waals surface area (Å²) in [5.41, 5.74) is 1.75. The van der Waals surface area contributed by atoms with E-state index in [0.29, 0.717) is 28.2 Å². The highest BCUT2D eigenvalue weighted by atomic mass is 16.2. The van der Waals surface area contributed by atoms with Gasteiger partial charge in [-0.25, -0.2) is 9.97 Å². The molecule has 1 amide bonds. The Bertz CT molecular complexity index is 1160. The normalized spacial score (nSPS) is 10.5. The molecule has 2 aromatic carbocycles. The molecule has 6 heteroatoms. The molecule has 0 bridgehead atoms. The Kier molecular flexibility index (Phi) is 4.99. The van der Waals surface area contributed by atoms with E-state index in [4.69, 9.17) is 0 Å². The fourth-order valence-electron chi connectivity index (χ4n) is 3.05. The zero-order chi connectivity index (χ0) is 20.2. The van der Waals surface area contributed by atoms with E-state index in [1.807, 2.05) is 23.8 Å². The van der Waals surface area contributed by atoms with Crippen LogP contribution in [-0.2, 0) is 0 Å². The van der Waals surface area contributed by atoms with Crippen LogP contribution in [0.4, 0.5) is 5.69 Å². The fourth-order valence-corrected chi connectivity index (χ4v) is 3.05. The molecule has 2 heterocycles. The molecule has 0 aliphatic heterocycles. The molecule has 0 aliphatic rings. The number of carbonyl (C=O) groups is 2. The van der Waals surface area contributed by atoms with E-state index in [1.165, 1.54) is 0 Å². The van der Waals surface area contributed by atoms with E-state index < -0.39 is 0 Å². The van der Waals surface area contributed by atoms with Crippen molar-refractivity contribution in [3.8, 4) is 5.82 Å². The summed E-state index contributed by atoms with van der Waals surface area (Å²) in [4.78, 5) is 34.2. The zero-order valence-corrected chi connectivity index (χ0v) is 15.7. The van der Waals surface area contributed by atoms with Gasteiger partial charge in [-0.05, 0) is 25.1 Å². The van der Waals surface area contributed by atoms with Crippen molar-refractivity contribution >= 4 is 17.4 Å². The van der Waals surface area contributed by atoms with Crippen molar-refractivity contribution in [2.45, 2.75) is 6.92 Å². The number of nitrogens with one attached hydrogen (secondary N) is 1. The van der Waals surface area contributed by atoms with Gasteiger partial charge in [0.05, 0.1) is 17.4 Å².